The lowest BCUT2D eigenvalue weighted by Gasteiger charge is -2.24. The third kappa shape index (κ3) is 6.75. The Balaban J connectivity index is 1.44. The van der Waals surface area contributed by atoms with E-state index in [0.29, 0.717) is 46.4 Å². The van der Waals surface area contributed by atoms with Crippen LogP contribution in [0.5, 0.6) is 5.75 Å². The van der Waals surface area contributed by atoms with Gasteiger partial charge in [-0.05, 0) is 99.2 Å². The largest absolute Gasteiger partial charge is 0.497 e. The highest BCUT2D eigenvalue weighted by molar-refractivity contribution is 7.89. The summed E-state index contributed by atoms with van der Waals surface area (Å²) in [5.41, 5.74) is 1.97. The molecule has 2 heterocycles. The van der Waals surface area contributed by atoms with Crippen LogP contribution in [0.15, 0.2) is 77.8 Å². The lowest BCUT2D eigenvalue weighted by Crippen LogP contribution is -2.36. The zero-order chi connectivity index (χ0) is 33.1. The lowest BCUT2D eigenvalue weighted by atomic mass is 10.1. The van der Waals surface area contributed by atoms with Crippen molar-refractivity contribution in [2.75, 3.05) is 25.5 Å². The summed E-state index contributed by atoms with van der Waals surface area (Å²) in [6, 6.07) is 17.9. The number of amides is 2. The average Bonchev–Trinajstić information content (AvgIpc) is 3.85. The number of nitrogens with zero attached hydrogens (tertiary/aromatic N) is 2. The van der Waals surface area contributed by atoms with Gasteiger partial charge in [0.1, 0.15) is 11.9 Å². The number of methoxy groups -OCH3 is 1. The van der Waals surface area contributed by atoms with Crippen molar-refractivity contribution in [2.45, 2.75) is 56.6 Å². The number of rotatable bonds is 9. The Kier molecular flexibility index (Phi) is 9.33. The van der Waals surface area contributed by atoms with Crippen LogP contribution in [0.4, 0.5) is 10.5 Å². The minimum absolute atomic E-state index is 0.00916. The van der Waals surface area contributed by atoms with Crippen molar-refractivity contribution in [3.63, 3.8) is 0 Å². The van der Waals surface area contributed by atoms with E-state index in [1.54, 1.807) is 61.7 Å². The Labute approximate surface area is 273 Å². The second-order valence-electron chi connectivity index (χ2n) is 12.0. The number of nitrogens with one attached hydrogen (secondary N) is 2. The first-order chi connectivity index (χ1) is 22.7. The van der Waals surface area contributed by atoms with Crippen molar-refractivity contribution in [3.8, 4) is 5.75 Å². The number of hydrogen-bond acceptors (Lipinski definition) is 8. The van der Waals surface area contributed by atoms with Gasteiger partial charge < -0.3 is 14.8 Å². The Hall–Kier alpha value is -4.68. The van der Waals surface area contributed by atoms with E-state index < -0.39 is 22.0 Å². The lowest BCUT2D eigenvalue weighted by molar-refractivity contribution is 0.0848. The van der Waals surface area contributed by atoms with Crippen molar-refractivity contribution in [2.24, 2.45) is 5.92 Å². The highest BCUT2D eigenvalue weighted by atomic mass is 32.2. The molecule has 4 aromatic rings. The number of aromatic nitrogens is 1. The molecule has 12 heteroatoms. The zero-order valence-corrected chi connectivity index (χ0v) is 27.2. The number of benzene rings is 3. The molecule has 0 spiro atoms. The fourth-order valence-corrected chi connectivity index (χ4v) is 7.93. The van der Waals surface area contributed by atoms with Crippen molar-refractivity contribution >= 4 is 44.5 Å². The highest BCUT2D eigenvalue weighted by Gasteiger charge is 2.34. The first kappa shape index (κ1) is 32.3. The summed E-state index contributed by atoms with van der Waals surface area (Å²) in [7, 11) is -2.92. The van der Waals surface area contributed by atoms with E-state index in [9.17, 15) is 22.8 Å². The van der Waals surface area contributed by atoms with Gasteiger partial charge in [0.25, 0.3) is 15.9 Å². The van der Waals surface area contributed by atoms with Crippen LogP contribution in [0.25, 0.3) is 10.9 Å². The summed E-state index contributed by atoms with van der Waals surface area (Å²) >= 11 is 0. The molecule has 11 nitrogen and oxygen atoms in total. The monoisotopic (exact) mass is 658 g/mol. The molecule has 3 aromatic carbocycles. The molecule has 1 saturated heterocycles. The molecule has 0 bridgehead atoms. The molecule has 2 fully saturated rings. The maximum absolute atomic E-state index is 14.3. The van der Waals surface area contributed by atoms with Gasteiger partial charge in [-0.2, -0.15) is 0 Å². The van der Waals surface area contributed by atoms with Gasteiger partial charge >= 0.3 is 6.09 Å². The second kappa shape index (κ2) is 13.6. The van der Waals surface area contributed by atoms with Crippen LogP contribution >= 0.6 is 0 Å². The van der Waals surface area contributed by atoms with Crippen molar-refractivity contribution in [3.05, 3.63) is 89.6 Å². The van der Waals surface area contributed by atoms with E-state index in [1.807, 2.05) is 0 Å². The predicted molar refractivity (Wildman–Crippen MR) is 177 cm³/mol. The number of ether oxygens (including phenoxy) is 2. The molecular weight excluding hydrogens is 620 g/mol. The van der Waals surface area contributed by atoms with Gasteiger partial charge in [-0.3, -0.25) is 19.5 Å². The van der Waals surface area contributed by atoms with Crippen molar-refractivity contribution in [1.82, 2.24) is 14.2 Å². The number of carbonyl (C=O) groups excluding carboxylic acids is 3. The molecule has 1 aliphatic heterocycles. The minimum atomic E-state index is -4.39. The first-order valence-electron chi connectivity index (χ1n) is 15.8. The fraction of sp³-hybridized carbons (Fsp3) is 0.343. The summed E-state index contributed by atoms with van der Waals surface area (Å²) in [6.45, 7) is 2.55. The van der Waals surface area contributed by atoms with Crippen molar-refractivity contribution in [1.29, 1.82) is 0 Å². The molecule has 1 atom stereocenters. The number of fused-ring (bicyclic) bond motifs is 1. The molecule has 246 valence electrons. The number of aryl methyl sites for hydroxylation is 1. The van der Waals surface area contributed by atoms with Gasteiger partial charge in [0, 0.05) is 29.4 Å². The summed E-state index contributed by atoms with van der Waals surface area (Å²) in [5.74, 6) is -0.756. The van der Waals surface area contributed by atoms with Crippen LogP contribution in [0.1, 0.15) is 58.4 Å². The van der Waals surface area contributed by atoms with Gasteiger partial charge in [-0.25, -0.2) is 17.5 Å². The maximum atomic E-state index is 14.3. The normalized spacial score (nSPS) is 16.7. The molecule has 1 saturated carbocycles. The number of carbonyl (C=O) groups is 3. The summed E-state index contributed by atoms with van der Waals surface area (Å²) < 4.78 is 41.9. The summed E-state index contributed by atoms with van der Waals surface area (Å²) in [6.07, 6.45) is 5.24. The van der Waals surface area contributed by atoms with Crippen LogP contribution in [0.3, 0.4) is 0 Å². The summed E-state index contributed by atoms with van der Waals surface area (Å²) in [5, 5.41) is 6.52. The third-order valence-corrected chi connectivity index (χ3v) is 10.8. The van der Waals surface area contributed by atoms with Crippen LogP contribution < -0.4 is 15.4 Å². The fourth-order valence-electron chi connectivity index (χ4n) is 6.34. The van der Waals surface area contributed by atoms with Crippen molar-refractivity contribution < 1.29 is 32.3 Å². The molecule has 0 radical (unpaired) electrons. The Morgan fingerprint density at radius 2 is 1.79 bits per heavy atom. The molecule has 2 aliphatic rings. The van der Waals surface area contributed by atoms with E-state index in [4.69, 9.17) is 9.47 Å². The van der Waals surface area contributed by atoms with E-state index in [1.165, 1.54) is 29.9 Å². The first-order valence-corrected chi connectivity index (χ1v) is 17.2. The molecule has 47 heavy (non-hydrogen) atoms. The second-order valence-corrected chi connectivity index (χ2v) is 13.9. The predicted octanol–water partition coefficient (Wildman–Crippen LogP) is 5.73. The van der Waals surface area contributed by atoms with Crippen LogP contribution in [0.2, 0.25) is 0 Å². The third-order valence-electron chi connectivity index (χ3n) is 8.88. The van der Waals surface area contributed by atoms with Gasteiger partial charge in [0.15, 0.2) is 0 Å². The van der Waals surface area contributed by atoms with E-state index in [-0.39, 0.29) is 34.9 Å². The van der Waals surface area contributed by atoms with E-state index in [0.717, 1.165) is 36.5 Å². The molecule has 6 rings (SSSR count). The van der Waals surface area contributed by atoms with Crippen LogP contribution in [0, 0.1) is 12.8 Å². The van der Waals surface area contributed by atoms with Gasteiger partial charge in [-0.15, -0.1) is 0 Å². The SMILES string of the molecule is COc1cccc(C(=O)N(Cc2cn(C(=O)C3CCNC3)c3ccc(NC(=O)OC4CCCC4)cc23)S(=O)(=O)c2ccccc2C)c1. The van der Waals surface area contributed by atoms with Gasteiger partial charge in [0.05, 0.1) is 30.0 Å². The standard InChI is InChI=1S/C35H38N4O7S/c1-23-8-3-6-13-32(23)47(43,44)39(34(41)24-9-7-12-29(18-24)45-2)22-26-21-38(33(40)25-16-17-36-20-25)31-15-14-27(19-30(26)31)37-35(42)46-28-10-4-5-11-28/h3,6-9,12-15,18-19,21,25,28,36H,4-5,10-11,16-17,20,22H2,1-2H3,(H,37,42). The van der Waals surface area contributed by atoms with Crippen LogP contribution in [-0.2, 0) is 21.3 Å². The van der Waals surface area contributed by atoms with Gasteiger partial charge in [-0.1, -0.05) is 24.3 Å². The van der Waals surface area contributed by atoms with E-state index in [2.05, 4.69) is 10.6 Å². The Morgan fingerprint density at radius 3 is 2.51 bits per heavy atom. The molecule has 2 N–H and O–H groups in total. The number of hydrogen-bond donors (Lipinski definition) is 2. The maximum Gasteiger partial charge on any atom is 0.411 e. The van der Waals surface area contributed by atoms with Crippen LogP contribution in [-0.4, -0.2) is 61.5 Å². The molecule has 1 unspecified atom stereocenters. The quantitative estimate of drug-likeness (QED) is 0.233. The smallest absolute Gasteiger partial charge is 0.411 e. The molecular formula is C35H38N4O7S. The highest BCUT2D eigenvalue weighted by Crippen LogP contribution is 2.32. The number of sulfonamides is 1. The van der Waals surface area contributed by atoms with Gasteiger partial charge in [0.2, 0.25) is 5.91 Å². The molecule has 1 aromatic heterocycles. The number of anilines is 1. The zero-order valence-electron chi connectivity index (χ0n) is 26.4. The Morgan fingerprint density at radius 1 is 1.00 bits per heavy atom. The molecule has 1 aliphatic carbocycles. The molecule has 2 amide bonds. The summed E-state index contributed by atoms with van der Waals surface area (Å²) in [4.78, 5) is 40.6. The Bertz CT molecular complexity index is 1930. The topological polar surface area (TPSA) is 136 Å². The minimum Gasteiger partial charge on any atom is -0.497 e. The van der Waals surface area contributed by atoms with E-state index >= 15 is 0 Å². The average molecular weight is 659 g/mol.